The maximum absolute atomic E-state index is 12.5. The van der Waals surface area contributed by atoms with E-state index in [-0.39, 0.29) is 24.8 Å². The van der Waals surface area contributed by atoms with E-state index in [1.165, 1.54) is 4.90 Å². The largest absolute Gasteiger partial charge is 0.350 e. The molecule has 0 spiro atoms. The Morgan fingerprint density at radius 1 is 1.04 bits per heavy atom. The highest BCUT2D eigenvalue weighted by atomic mass is 16.2. The number of imide groups is 1. The van der Waals surface area contributed by atoms with E-state index in [0.29, 0.717) is 17.7 Å². The summed E-state index contributed by atoms with van der Waals surface area (Å²) in [6.07, 6.45) is 0.142. The van der Waals surface area contributed by atoms with Gasteiger partial charge in [-0.2, -0.15) is 0 Å². The van der Waals surface area contributed by atoms with Gasteiger partial charge in [-0.25, -0.2) is 0 Å². The molecule has 0 radical (unpaired) electrons. The van der Waals surface area contributed by atoms with Crippen LogP contribution >= 0.6 is 0 Å². The molecular formula is C21H24N3O3+. The van der Waals surface area contributed by atoms with Crippen LogP contribution in [0.25, 0.3) is 0 Å². The van der Waals surface area contributed by atoms with E-state index in [4.69, 9.17) is 0 Å². The molecule has 1 heterocycles. The molecule has 2 aromatic rings. The smallest absolute Gasteiger partial charge is 0.261 e. The summed E-state index contributed by atoms with van der Waals surface area (Å²) in [5.41, 5.74) is 3.40. The van der Waals surface area contributed by atoms with E-state index >= 15 is 0 Å². The zero-order chi connectivity index (χ0) is 19.4. The minimum Gasteiger partial charge on any atom is -0.350 e. The highest BCUT2D eigenvalue weighted by Gasteiger charge is 2.31. The van der Waals surface area contributed by atoms with Gasteiger partial charge in [-0.15, -0.1) is 0 Å². The maximum Gasteiger partial charge on any atom is 0.261 e. The molecule has 2 aromatic carbocycles. The molecule has 0 saturated heterocycles. The molecule has 3 amide bonds. The van der Waals surface area contributed by atoms with Crippen molar-refractivity contribution in [2.75, 3.05) is 20.6 Å². The van der Waals surface area contributed by atoms with Gasteiger partial charge in [0.05, 0.1) is 20.5 Å². The molecule has 0 aromatic heterocycles. The van der Waals surface area contributed by atoms with Crippen LogP contribution in [0.5, 0.6) is 0 Å². The molecule has 0 saturated carbocycles. The normalized spacial score (nSPS) is 13.7. The Kier molecular flexibility index (Phi) is 5.66. The number of hydrogen-bond donors (Lipinski definition) is 2. The lowest BCUT2D eigenvalue weighted by Gasteiger charge is -2.26. The van der Waals surface area contributed by atoms with Gasteiger partial charge in [0, 0.05) is 17.7 Å². The van der Waals surface area contributed by atoms with Crippen LogP contribution in [0.4, 0.5) is 0 Å². The number of fused-ring (bicyclic) bond motifs is 1. The SMILES string of the molecule is C[NH+](C)Cc1ccccc1CNC(=O)CN1C(=O)Cc2ccccc2C1=O. The number of carbonyl (C=O) groups excluding carboxylic acids is 3. The van der Waals surface area contributed by atoms with Crippen molar-refractivity contribution < 1.29 is 19.3 Å². The average Bonchev–Trinajstić information content (AvgIpc) is 2.64. The van der Waals surface area contributed by atoms with Crippen LogP contribution in [0.1, 0.15) is 27.0 Å². The standard InChI is InChI=1S/C21H23N3O3/c1-23(2)13-17-9-4-3-8-16(17)12-22-19(25)14-24-20(26)11-15-7-5-6-10-18(15)21(24)27/h3-10H,11-14H2,1-2H3,(H,22,25)/p+1. The number of amides is 3. The first kappa shape index (κ1) is 18.8. The molecule has 27 heavy (non-hydrogen) atoms. The summed E-state index contributed by atoms with van der Waals surface area (Å²) >= 11 is 0. The van der Waals surface area contributed by atoms with Crippen molar-refractivity contribution in [3.63, 3.8) is 0 Å². The van der Waals surface area contributed by atoms with Gasteiger partial charge in [0.1, 0.15) is 13.1 Å². The molecule has 0 unspecified atom stereocenters. The summed E-state index contributed by atoms with van der Waals surface area (Å²) in [5, 5.41) is 2.83. The zero-order valence-electron chi connectivity index (χ0n) is 15.6. The minimum absolute atomic E-state index is 0.142. The van der Waals surface area contributed by atoms with Crippen molar-refractivity contribution in [2.45, 2.75) is 19.5 Å². The van der Waals surface area contributed by atoms with Crippen LogP contribution in [0, 0.1) is 0 Å². The molecule has 2 N–H and O–H groups in total. The molecule has 0 atom stereocenters. The first-order valence-corrected chi connectivity index (χ1v) is 9.01. The summed E-state index contributed by atoms with van der Waals surface area (Å²) in [6, 6.07) is 15.0. The van der Waals surface area contributed by atoms with Crippen molar-refractivity contribution >= 4 is 17.7 Å². The lowest BCUT2D eigenvalue weighted by molar-refractivity contribution is -0.872. The van der Waals surface area contributed by atoms with Gasteiger partial charge >= 0.3 is 0 Å². The third-order valence-corrected chi connectivity index (χ3v) is 4.58. The fourth-order valence-electron chi connectivity index (χ4n) is 3.24. The number of hydrogen-bond acceptors (Lipinski definition) is 3. The summed E-state index contributed by atoms with van der Waals surface area (Å²) in [5.74, 6) is -1.10. The fourth-order valence-corrected chi connectivity index (χ4v) is 3.24. The second-order valence-electron chi connectivity index (χ2n) is 7.05. The summed E-state index contributed by atoms with van der Waals surface area (Å²) in [7, 11) is 4.14. The number of quaternary nitrogens is 1. The van der Waals surface area contributed by atoms with Gasteiger partial charge in [-0.05, 0) is 17.2 Å². The average molecular weight is 366 g/mol. The summed E-state index contributed by atoms with van der Waals surface area (Å²) < 4.78 is 0. The Morgan fingerprint density at radius 2 is 1.70 bits per heavy atom. The molecule has 0 bridgehead atoms. The molecule has 6 nitrogen and oxygen atoms in total. The van der Waals surface area contributed by atoms with Crippen molar-refractivity contribution in [3.05, 3.63) is 70.8 Å². The third-order valence-electron chi connectivity index (χ3n) is 4.58. The van der Waals surface area contributed by atoms with Crippen molar-refractivity contribution in [2.24, 2.45) is 0 Å². The molecule has 0 aliphatic carbocycles. The van der Waals surface area contributed by atoms with E-state index in [1.54, 1.807) is 24.3 Å². The number of carbonyl (C=O) groups is 3. The van der Waals surface area contributed by atoms with Crippen LogP contribution in [0.3, 0.4) is 0 Å². The van der Waals surface area contributed by atoms with Crippen molar-refractivity contribution in [1.29, 1.82) is 0 Å². The Bertz CT molecular complexity index is 876. The Hall–Kier alpha value is -2.99. The van der Waals surface area contributed by atoms with E-state index in [1.807, 2.05) is 24.3 Å². The second-order valence-corrected chi connectivity index (χ2v) is 7.05. The Balaban J connectivity index is 1.64. The highest BCUT2D eigenvalue weighted by molar-refractivity contribution is 6.11. The van der Waals surface area contributed by atoms with Crippen LogP contribution < -0.4 is 10.2 Å². The first-order chi connectivity index (χ1) is 13.0. The van der Waals surface area contributed by atoms with Crippen LogP contribution in [0.2, 0.25) is 0 Å². The zero-order valence-corrected chi connectivity index (χ0v) is 15.6. The van der Waals surface area contributed by atoms with Gasteiger partial charge in [-0.3, -0.25) is 19.3 Å². The predicted molar refractivity (Wildman–Crippen MR) is 101 cm³/mol. The second kappa shape index (κ2) is 8.14. The first-order valence-electron chi connectivity index (χ1n) is 9.01. The quantitative estimate of drug-likeness (QED) is 0.716. The van der Waals surface area contributed by atoms with Crippen molar-refractivity contribution in [3.8, 4) is 0 Å². The predicted octanol–water partition coefficient (Wildman–Crippen LogP) is 0.172. The van der Waals surface area contributed by atoms with E-state index in [0.717, 1.165) is 22.6 Å². The maximum atomic E-state index is 12.5. The number of benzene rings is 2. The van der Waals surface area contributed by atoms with Crippen LogP contribution in [-0.4, -0.2) is 43.3 Å². The molecule has 0 fully saturated rings. The topological polar surface area (TPSA) is 70.9 Å². The molecule has 1 aliphatic rings. The molecule has 3 rings (SSSR count). The molecular weight excluding hydrogens is 342 g/mol. The van der Waals surface area contributed by atoms with E-state index in [2.05, 4.69) is 19.4 Å². The number of nitrogens with one attached hydrogen (secondary N) is 2. The fraction of sp³-hybridized carbons (Fsp3) is 0.286. The highest BCUT2D eigenvalue weighted by Crippen LogP contribution is 2.19. The van der Waals surface area contributed by atoms with Gasteiger partial charge < -0.3 is 10.2 Å². The van der Waals surface area contributed by atoms with Gasteiger partial charge in [0.2, 0.25) is 11.8 Å². The van der Waals surface area contributed by atoms with Gasteiger partial charge in [-0.1, -0.05) is 42.5 Å². The van der Waals surface area contributed by atoms with Gasteiger partial charge in [0.25, 0.3) is 5.91 Å². The van der Waals surface area contributed by atoms with E-state index < -0.39 is 5.91 Å². The lowest BCUT2D eigenvalue weighted by Crippen LogP contribution is -3.04. The molecule has 140 valence electrons. The summed E-state index contributed by atoms with van der Waals surface area (Å²) in [4.78, 5) is 39.5. The van der Waals surface area contributed by atoms with Crippen molar-refractivity contribution in [1.82, 2.24) is 10.2 Å². The molecule has 1 aliphatic heterocycles. The Morgan fingerprint density at radius 3 is 2.44 bits per heavy atom. The van der Waals surface area contributed by atoms with Crippen LogP contribution in [-0.2, 0) is 29.1 Å². The minimum atomic E-state index is -0.409. The van der Waals surface area contributed by atoms with Gasteiger partial charge in [0.15, 0.2) is 0 Å². The molecule has 6 heteroatoms. The number of nitrogens with zero attached hydrogens (tertiary/aromatic N) is 1. The third kappa shape index (κ3) is 4.41. The van der Waals surface area contributed by atoms with E-state index in [9.17, 15) is 14.4 Å². The Labute approximate surface area is 158 Å². The van der Waals surface area contributed by atoms with Crippen LogP contribution in [0.15, 0.2) is 48.5 Å². The summed E-state index contributed by atoms with van der Waals surface area (Å²) in [6.45, 7) is 0.966. The lowest BCUT2D eigenvalue weighted by atomic mass is 9.98. The monoisotopic (exact) mass is 366 g/mol. The number of rotatable bonds is 6.